The Morgan fingerprint density at radius 1 is 0.500 bits per heavy atom. The summed E-state index contributed by atoms with van der Waals surface area (Å²) in [6.07, 6.45) is 0. The second-order valence-corrected chi connectivity index (χ2v) is 9.50. The summed E-state index contributed by atoms with van der Waals surface area (Å²) in [4.78, 5) is 0. The Kier molecular flexibility index (Phi) is 2.81. The third-order valence-corrected chi connectivity index (χ3v) is 3.88. The van der Waals surface area contributed by atoms with E-state index in [2.05, 4.69) is 0 Å². The summed E-state index contributed by atoms with van der Waals surface area (Å²) in [5.74, 6) is 0. The Bertz CT molecular complexity index is 976. The van der Waals surface area contributed by atoms with E-state index in [0.717, 1.165) is 0 Å². The molecule has 0 atom stereocenters. The molecule has 0 heterocycles. The van der Waals surface area contributed by atoms with Crippen LogP contribution in [-0.2, 0) is 16.2 Å². The standard InChI is InChI=1S/C24H34/c1-22(2,3)19-12-10-17(11-13-19)18-14-20(23(4,5)6)16-21(15-18)24(7,8)9/h10-16H,1-9H3/i10D,11D,12D,13D,14D,15D,16D. The quantitative estimate of drug-likeness (QED) is 0.517. The molecular weight excluding hydrogens is 288 g/mol. The van der Waals surface area contributed by atoms with Gasteiger partial charge in [0.15, 0.2) is 0 Å². The highest BCUT2D eigenvalue weighted by molar-refractivity contribution is 5.66. The average Bonchev–Trinajstić information content (AvgIpc) is 2.52. The Labute approximate surface area is 159 Å². The van der Waals surface area contributed by atoms with Crippen molar-refractivity contribution in [2.24, 2.45) is 0 Å². The summed E-state index contributed by atoms with van der Waals surface area (Å²) >= 11 is 0. The van der Waals surface area contributed by atoms with Crippen LogP contribution in [0, 0.1) is 0 Å². The van der Waals surface area contributed by atoms with Gasteiger partial charge in [0.05, 0.1) is 9.60 Å². The van der Waals surface area contributed by atoms with Gasteiger partial charge in [-0.2, -0.15) is 0 Å². The van der Waals surface area contributed by atoms with E-state index in [9.17, 15) is 0 Å². The van der Waals surface area contributed by atoms with Crippen LogP contribution in [0.5, 0.6) is 0 Å². The van der Waals surface area contributed by atoms with Crippen LogP contribution in [0.4, 0.5) is 0 Å². The first-order chi connectivity index (χ1) is 13.7. The van der Waals surface area contributed by atoms with Gasteiger partial charge in [-0.3, -0.25) is 0 Å². The summed E-state index contributed by atoms with van der Waals surface area (Å²) in [6, 6.07) is -0.783. The number of rotatable bonds is 1. The van der Waals surface area contributed by atoms with E-state index in [1.165, 1.54) is 0 Å². The minimum absolute atomic E-state index is 0.0333. The molecular formula is C24H34. The summed E-state index contributed by atoms with van der Waals surface area (Å²) in [6.45, 7) is 16.9. The van der Waals surface area contributed by atoms with Gasteiger partial charge < -0.3 is 0 Å². The molecule has 130 valence electrons. The average molecular weight is 330 g/mol. The fourth-order valence-electron chi connectivity index (χ4n) is 2.16. The van der Waals surface area contributed by atoms with Crippen LogP contribution in [-0.4, -0.2) is 0 Å². The molecule has 0 saturated heterocycles. The molecule has 24 heavy (non-hydrogen) atoms. The molecule has 0 amide bonds. The third kappa shape index (κ3) is 4.29. The molecule has 0 aromatic heterocycles. The van der Waals surface area contributed by atoms with Crippen LogP contribution < -0.4 is 0 Å². The number of hydrogen-bond acceptors (Lipinski definition) is 0. The van der Waals surface area contributed by atoms with Crippen molar-refractivity contribution in [2.75, 3.05) is 0 Å². The zero-order valence-corrected chi connectivity index (χ0v) is 16.5. The van der Waals surface area contributed by atoms with E-state index < -0.39 is 16.2 Å². The summed E-state index contributed by atoms with van der Waals surface area (Å²) in [5.41, 5.74) is -0.490. The molecule has 0 N–H and O–H groups in total. The lowest BCUT2D eigenvalue weighted by Gasteiger charge is -2.26. The normalized spacial score (nSPS) is 17.3. The molecule has 0 bridgehead atoms. The van der Waals surface area contributed by atoms with Crippen LogP contribution >= 0.6 is 0 Å². The highest BCUT2D eigenvalue weighted by atomic mass is 14.3. The largest absolute Gasteiger partial charge is 0.0632 e. The molecule has 2 aromatic rings. The van der Waals surface area contributed by atoms with E-state index in [-0.39, 0.29) is 53.4 Å². The Hall–Kier alpha value is -1.56. The van der Waals surface area contributed by atoms with Crippen molar-refractivity contribution in [3.63, 3.8) is 0 Å². The van der Waals surface area contributed by atoms with E-state index in [1.54, 1.807) is 0 Å². The van der Waals surface area contributed by atoms with E-state index in [4.69, 9.17) is 9.60 Å². The molecule has 2 aromatic carbocycles. The van der Waals surface area contributed by atoms with E-state index >= 15 is 0 Å². The predicted octanol–water partition coefficient (Wildman–Crippen LogP) is 7.25. The van der Waals surface area contributed by atoms with Gasteiger partial charge in [-0.1, -0.05) is 105 Å². The lowest BCUT2D eigenvalue weighted by Crippen LogP contribution is -2.16. The zero-order valence-electron chi connectivity index (χ0n) is 23.5. The maximum Gasteiger partial charge on any atom is 0.0632 e. The van der Waals surface area contributed by atoms with Crippen molar-refractivity contribution in [3.8, 4) is 11.1 Å². The maximum absolute atomic E-state index is 8.90. The molecule has 0 saturated carbocycles. The lowest BCUT2D eigenvalue weighted by atomic mass is 9.78. The Balaban J connectivity index is 3.21. The van der Waals surface area contributed by atoms with Gasteiger partial charge in [0.2, 0.25) is 0 Å². The van der Waals surface area contributed by atoms with Crippen molar-refractivity contribution in [1.82, 2.24) is 0 Å². The molecule has 0 nitrogen and oxygen atoms in total. The first kappa shape index (κ1) is 11.1. The lowest BCUT2D eigenvalue weighted by molar-refractivity contribution is 0.569. The van der Waals surface area contributed by atoms with E-state index in [1.807, 2.05) is 62.3 Å². The molecule has 0 aliphatic rings. The van der Waals surface area contributed by atoms with Crippen molar-refractivity contribution in [3.05, 3.63) is 59.0 Å². The maximum atomic E-state index is 8.90. The highest BCUT2D eigenvalue weighted by Gasteiger charge is 2.21. The smallest absolute Gasteiger partial charge is 0.0579 e. The van der Waals surface area contributed by atoms with Gasteiger partial charge in [0, 0.05) is 0 Å². The minimum Gasteiger partial charge on any atom is -0.0579 e. The first-order valence-electron chi connectivity index (χ1n) is 12.0. The first-order valence-corrected chi connectivity index (χ1v) is 8.50. The summed E-state index contributed by atoms with van der Waals surface area (Å²) < 4.78 is 61.1. The van der Waals surface area contributed by atoms with Crippen LogP contribution in [0.25, 0.3) is 11.1 Å². The topological polar surface area (TPSA) is 0 Å². The van der Waals surface area contributed by atoms with Crippen molar-refractivity contribution in [2.45, 2.75) is 78.6 Å². The Morgan fingerprint density at radius 3 is 1.21 bits per heavy atom. The summed E-state index contributed by atoms with van der Waals surface area (Å²) in [5, 5.41) is 0. The van der Waals surface area contributed by atoms with E-state index in [0.29, 0.717) is 16.7 Å². The molecule has 2 rings (SSSR count). The third-order valence-electron chi connectivity index (χ3n) is 3.88. The van der Waals surface area contributed by atoms with Crippen molar-refractivity contribution < 1.29 is 9.60 Å². The molecule has 0 aliphatic heterocycles. The molecule has 0 aliphatic carbocycles. The molecule has 0 spiro atoms. The highest BCUT2D eigenvalue weighted by Crippen LogP contribution is 2.34. The van der Waals surface area contributed by atoms with Crippen molar-refractivity contribution in [1.29, 1.82) is 0 Å². The zero-order chi connectivity index (χ0) is 24.4. The van der Waals surface area contributed by atoms with Crippen LogP contribution in [0.2, 0.25) is 0 Å². The van der Waals surface area contributed by atoms with Crippen LogP contribution in [0.3, 0.4) is 0 Å². The molecule has 0 unspecified atom stereocenters. The second kappa shape index (κ2) is 6.06. The van der Waals surface area contributed by atoms with Crippen LogP contribution in [0.15, 0.2) is 42.3 Å². The molecule has 0 heteroatoms. The Morgan fingerprint density at radius 2 is 0.875 bits per heavy atom. The molecule has 0 fully saturated rings. The van der Waals surface area contributed by atoms with Gasteiger partial charge in [0.1, 0.15) is 0 Å². The van der Waals surface area contributed by atoms with Gasteiger partial charge in [-0.25, -0.2) is 0 Å². The van der Waals surface area contributed by atoms with Crippen molar-refractivity contribution >= 4 is 0 Å². The van der Waals surface area contributed by atoms with Gasteiger partial charge in [0.25, 0.3) is 0 Å². The fraction of sp³-hybridized carbons (Fsp3) is 0.500. The number of benzene rings is 2. The second-order valence-electron chi connectivity index (χ2n) is 9.50. The molecule has 0 radical (unpaired) electrons. The van der Waals surface area contributed by atoms with Gasteiger partial charge in [-0.15, -0.1) is 0 Å². The predicted molar refractivity (Wildman–Crippen MR) is 108 cm³/mol. The van der Waals surface area contributed by atoms with Crippen LogP contribution in [0.1, 0.15) is 88.6 Å². The summed E-state index contributed by atoms with van der Waals surface area (Å²) in [7, 11) is 0. The van der Waals surface area contributed by atoms with Gasteiger partial charge >= 0.3 is 0 Å². The fourth-order valence-corrected chi connectivity index (χ4v) is 2.16. The number of hydrogen-bond donors (Lipinski definition) is 0. The minimum atomic E-state index is -0.593. The SMILES string of the molecule is [2H]c1c([2H])c(C(C)(C)C)c([2H])c([2H])c1-c1c([2H])c(C(C)(C)C)c([2H])c(C(C)(C)C)c1[2H]. The van der Waals surface area contributed by atoms with Gasteiger partial charge in [-0.05, 0) is 44.1 Å². The monoisotopic (exact) mass is 329 g/mol.